The van der Waals surface area contributed by atoms with Gasteiger partial charge in [-0.25, -0.2) is 15.0 Å². The van der Waals surface area contributed by atoms with Gasteiger partial charge in [0.1, 0.15) is 17.3 Å². The number of para-hydroxylation sites is 3. The molecule has 6 rings (SSSR count). The topological polar surface area (TPSA) is 159 Å². The number of carbonyl (C=O) groups excluding carboxylic acids is 1. The van der Waals surface area contributed by atoms with E-state index in [1.165, 1.54) is 6.20 Å². The van der Waals surface area contributed by atoms with Gasteiger partial charge in [0, 0.05) is 37.9 Å². The van der Waals surface area contributed by atoms with Crippen LogP contribution in [-0.2, 0) is 0 Å². The molecule has 0 atom stereocenters. The van der Waals surface area contributed by atoms with Crippen LogP contribution in [0.4, 0.5) is 17.3 Å². The van der Waals surface area contributed by atoms with Crippen molar-refractivity contribution < 1.29 is 9.90 Å². The summed E-state index contributed by atoms with van der Waals surface area (Å²) in [4.78, 5) is 34.2. The smallest absolute Gasteiger partial charge is 0.272 e. The number of hydrogen-bond donors (Lipinski definition) is 3. The number of benzene rings is 2. The molecule has 4 heterocycles. The second-order valence-electron chi connectivity index (χ2n) is 9.46. The van der Waals surface area contributed by atoms with E-state index in [0.717, 1.165) is 17.0 Å². The summed E-state index contributed by atoms with van der Waals surface area (Å²) in [5.41, 5.74) is 9.71. The van der Waals surface area contributed by atoms with E-state index >= 15 is 0 Å². The summed E-state index contributed by atoms with van der Waals surface area (Å²) in [6.45, 7) is 2.88. The largest absolute Gasteiger partial charge is 0.507 e. The standard InChI is InChI=1S/C30H26N10O2/c31-29-25(18-23(37-38-29)20-6-1-4-9-26(20)41)39-14-16-40(17-15-39)28-11-13-32-27(36-28)10-5-12-33-30(42)24-19-34-21-7-2-3-8-22(21)35-24/h1-4,6-9,11,13,18-19,41H,12,14-17H2,(H2,31,38)(H,33,42). The lowest BCUT2D eigenvalue weighted by atomic mass is 10.1. The molecule has 2 aromatic carbocycles. The maximum atomic E-state index is 12.5. The van der Waals surface area contributed by atoms with Crippen molar-refractivity contribution in [1.29, 1.82) is 0 Å². The van der Waals surface area contributed by atoms with Crippen LogP contribution in [0.5, 0.6) is 5.75 Å². The highest BCUT2D eigenvalue weighted by Gasteiger charge is 2.22. The number of amides is 1. The number of piperazine rings is 1. The highest BCUT2D eigenvalue weighted by Crippen LogP contribution is 2.31. The molecule has 0 spiro atoms. The molecule has 1 aliphatic rings. The van der Waals surface area contributed by atoms with E-state index in [4.69, 9.17) is 5.73 Å². The number of phenols is 1. The van der Waals surface area contributed by atoms with E-state index < -0.39 is 0 Å². The fourth-order valence-corrected chi connectivity index (χ4v) is 4.63. The summed E-state index contributed by atoms with van der Waals surface area (Å²) in [6, 6.07) is 18.1. The Balaban J connectivity index is 1.06. The Morgan fingerprint density at radius 1 is 0.929 bits per heavy atom. The Bertz CT molecular complexity index is 1830. The number of rotatable bonds is 5. The van der Waals surface area contributed by atoms with Gasteiger partial charge in [-0.05, 0) is 42.3 Å². The van der Waals surface area contributed by atoms with Crippen LogP contribution in [0.15, 0.2) is 73.1 Å². The van der Waals surface area contributed by atoms with Crippen LogP contribution in [0.1, 0.15) is 16.3 Å². The van der Waals surface area contributed by atoms with E-state index in [0.29, 0.717) is 54.6 Å². The first-order valence-electron chi connectivity index (χ1n) is 13.3. The number of nitrogens with two attached hydrogens (primary N) is 1. The average molecular weight is 559 g/mol. The Labute approximate surface area is 241 Å². The molecule has 0 bridgehead atoms. The fourth-order valence-electron chi connectivity index (χ4n) is 4.63. The summed E-state index contributed by atoms with van der Waals surface area (Å²) in [7, 11) is 0. The molecule has 12 nitrogen and oxygen atoms in total. The lowest BCUT2D eigenvalue weighted by Crippen LogP contribution is -2.47. The summed E-state index contributed by atoms with van der Waals surface area (Å²) < 4.78 is 0. The van der Waals surface area contributed by atoms with E-state index in [1.807, 2.05) is 42.5 Å². The number of aromatic nitrogens is 6. The van der Waals surface area contributed by atoms with Crippen LogP contribution >= 0.6 is 0 Å². The fraction of sp³-hybridized carbons (Fsp3) is 0.167. The molecular weight excluding hydrogens is 532 g/mol. The molecule has 1 fully saturated rings. The molecule has 1 amide bonds. The Morgan fingerprint density at radius 2 is 1.69 bits per heavy atom. The predicted octanol–water partition coefficient (Wildman–Crippen LogP) is 2.27. The zero-order valence-corrected chi connectivity index (χ0v) is 22.5. The van der Waals surface area contributed by atoms with Crippen LogP contribution in [0.25, 0.3) is 22.3 Å². The molecule has 0 aliphatic carbocycles. The third-order valence-electron chi connectivity index (χ3n) is 6.79. The van der Waals surface area contributed by atoms with Crippen LogP contribution in [0, 0.1) is 11.8 Å². The minimum absolute atomic E-state index is 0.115. The van der Waals surface area contributed by atoms with Crippen molar-refractivity contribution in [3.8, 4) is 28.8 Å². The molecular formula is C30H26N10O2. The van der Waals surface area contributed by atoms with Gasteiger partial charge in [-0.15, -0.1) is 10.2 Å². The second-order valence-corrected chi connectivity index (χ2v) is 9.46. The van der Waals surface area contributed by atoms with Crippen molar-refractivity contribution in [1.82, 2.24) is 35.5 Å². The van der Waals surface area contributed by atoms with Gasteiger partial charge in [0.25, 0.3) is 5.91 Å². The summed E-state index contributed by atoms with van der Waals surface area (Å²) in [6.07, 6.45) is 3.12. The van der Waals surface area contributed by atoms with Crippen molar-refractivity contribution in [2.75, 3.05) is 48.3 Å². The number of nitrogen functional groups attached to an aromatic ring is 1. The minimum Gasteiger partial charge on any atom is -0.507 e. The van der Waals surface area contributed by atoms with Gasteiger partial charge in [-0.1, -0.05) is 30.2 Å². The third kappa shape index (κ3) is 5.71. The molecule has 42 heavy (non-hydrogen) atoms. The van der Waals surface area contributed by atoms with Crippen molar-refractivity contribution in [2.24, 2.45) is 0 Å². The van der Waals surface area contributed by atoms with Crippen LogP contribution in [0.3, 0.4) is 0 Å². The molecule has 0 unspecified atom stereocenters. The molecule has 0 saturated carbocycles. The number of fused-ring (bicyclic) bond motifs is 1. The Hall–Kier alpha value is -5.83. The number of hydrogen-bond acceptors (Lipinski definition) is 11. The molecule has 1 saturated heterocycles. The number of nitrogens with one attached hydrogen (secondary N) is 1. The van der Waals surface area contributed by atoms with Crippen molar-refractivity contribution >= 4 is 34.3 Å². The van der Waals surface area contributed by atoms with Gasteiger partial charge < -0.3 is 26.0 Å². The van der Waals surface area contributed by atoms with Gasteiger partial charge in [0.05, 0.1) is 35.2 Å². The first-order chi connectivity index (χ1) is 20.5. The van der Waals surface area contributed by atoms with Crippen molar-refractivity contribution in [2.45, 2.75) is 0 Å². The predicted molar refractivity (Wildman–Crippen MR) is 159 cm³/mol. The molecule has 3 aromatic heterocycles. The van der Waals surface area contributed by atoms with Crippen LogP contribution in [-0.4, -0.2) is 73.9 Å². The van der Waals surface area contributed by atoms with Crippen LogP contribution < -0.4 is 20.9 Å². The highest BCUT2D eigenvalue weighted by molar-refractivity contribution is 5.93. The summed E-state index contributed by atoms with van der Waals surface area (Å²) >= 11 is 0. The zero-order valence-electron chi connectivity index (χ0n) is 22.5. The lowest BCUT2D eigenvalue weighted by Gasteiger charge is -2.36. The van der Waals surface area contributed by atoms with Gasteiger partial charge >= 0.3 is 0 Å². The van der Waals surface area contributed by atoms with Crippen molar-refractivity contribution in [3.63, 3.8) is 0 Å². The quantitative estimate of drug-likeness (QED) is 0.272. The number of aromatic hydroxyl groups is 1. The first kappa shape index (κ1) is 26.4. The highest BCUT2D eigenvalue weighted by atomic mass is 16.3. The summed E-state index contributed by atoms with van der Waals surface area (Å²) in [5.74, 6) is 7.06. The van der Waals surface area contributed by atoms with Gasteiger partial charge in [0.15, 0.2) is 5.82 Å². The number of phenolic OH excluding ortho intramolecular Hbond substituents is 1. The zero-order chi connectivity index (χ0) is 28.9. The maximum absolute atomic E-state index is 12.5. The lowest BCUT2D eigenvalue weighted by molar-refractivity contribution is 0.0953. The second kappa shape index (κ2) is 11.7. The van der Waals surface area contributed by atoms with E-state index in [-0.39, 0.29) is 23.9 Å². The molecule has 4 N–H and O–H groups in total. The molecule has 5 aromatic rings. The van der Waals surface area contributed by atoms with Crippen molar-refractivity contribution in [3.05, 3.63) is 84.6 Å². The molecule has 0 radical (unpaired) electrons. The number of anilines is 3. The third-order valence-corrected chi connectivity index (χ3v) is 6.79. The summed E-state index contributed by atoms with van der Waals surface area (Å²) in [5, 5.41) is 21.3. The monoisotopic (exact) mass is 558 g/mol. The molecule has 208 valence electrons. The first-order valence-corrected chi connectivity index (χ1v) is 13.3. The van der Waals surface area contributed by atoms with Gasteiger partial charge in [-0.2, -0.15) is 0 Å². The number of nitrogens with zero attached hydrogens (tertiary/aromatic N) is 8. The van der Waals surface area contributed by atoms with E-state index in [2.05, 4.69) is 57.1 Å². The normalized spacial score (nSPS) is 13.0. The molecule has 1 aliphatic heterocycles. The maximum Gasteiger partial charge on any atom is 0.272 e. The van der Waals surface area contributed by atoms with E-state index in [9.17, 15) is 9.90 Å². The Kier molecular flexibility index (Phi) is 7.37. The Morgan fingerprint density at radius 3 is 2.52 bits per heavy atom. The number of carbonyl (C=O) groups is 1. The minimum atomic E-state index is -0.354. The molecule has 12 heteroatoms. The van der Waals surface area contributed by atoms with Gasteiger partial charge in [-0.3, -0.25) is 9.78 Å². The van der Waals surface area contributed by atoms with Gasteiger partial charge in [0.2, 0.25) is 5.82 Å². The SMILES string of the molecule is Nc1nnc(-c2ccccc2O)cc1N1CCN(c2ccnc(C#CCNC(=O)c3cnc4ccccc4n3)n2)CC1. The average Bonchev–Trinajstić information content (AvgIpc) is 3.03. The van der Waals surface area contributed by atoms with E-state index in [1.54, 1.807) is 24.4 Å². The van der Waals surface area contributed by atoms with Crippen LogP contribution in [0.2, 0.25) is 0 Å².